The summed E-state index contributed by atoms with van der Waals surface area (Å²) in [6.07, 6.45) is 0. The fourth-order valence-electron chi connectivity index (χ4n) is 14.1. The quantitative estimate of drug-likeness (QED) is 0.148. The van der Waals surface area contributed by atoms with E-state index in [0.717, 1.165) is 94.8 Å². The maximum atomic E-state index is 9.67. The van der Waals surface area contributed by atoms with E-state index in [1.54, 1.807) is 4.57 Å². The molecular weight excluding hydrogens is 1030 g/mol. The predicted octanol–water partition coefficient (Wildman–Crippen LogP) is 19.1. The third-order valence-electron chi connectivity index (χ3n) is 18.1. The van der Waals surface area contributed by atoms with Crippen molar-refractivity contribution in [2.45, 2.75) is 57.8 Å². The first kappa shape index (κ1) is 42.9. The molecule has 3 nitrogen and oxygen atoms in total. The summed E-state index contributed by atoms with van der Waals surface area (Å²) in [5.41, 5.74) is 19.9. The minimum atomic E-state index is -0.692. The number of ether oxygens (including phenoxy) is 1. The van der Waals surface area contributed by atoms with E-state index in [1.165, 1.54) is 22.3 Å². The fraction of sp³-hybridized carbons (Fsp3) is 0.111. The number of benzene rings is 12. The van der Waals surface area contributed by atoms with Gasteiger partial charge >= 0.3 is 0 Å². The minimum Gasteiger partial charge on any atom is -0.458 e. The highest BCUT2D eigenvalue weighted by atomic mass is 16.5. The molecule has 85 heavy (non-hydrogen) atoms. The Bertz CT molecular complexity index is 5130. The molecule has 0 amide bonds. The molecule has 2 aliphatic heterocycles. The summed E-state index contributed by atoms with van der Waals surface area (Å²) in [6, 6.07) is 76.8. The lowest BCUT2D eigenvalue weighted by Gasteiger charge is -2.43. The SMILES string of the molecule is [2H]c1c([2H])c([2H])c2c(c1[2H])c1c([2H])c([2H])c([2H])c([2H])c1n2-c1ccc2c(c1)N(c1c(-c3ccccc3)cc(C(C)(C)C)cc1-c1ccccc1)c1cc(C(C)(C)C)cc3c1B2c1cc(-c2cccc4c2C(c2ccccc2)(c2ccccc2)c2ccccc2-4)ccc1O3. The third kappa shape index (κ3) is 7.74. The number of hydrogen-bond donors (Lipinski definition) is 0. The minimum absolute atomic E-state index is 0.0165. The first-order chi connectivity index (χ1) is 44.8. The van der Waals surface area contributed by atoms with Gasteiger partial charge in [0, 0.05) is 39.0 Å². The number of aromatic nitrogens is 1. The van der Waals surface area contributed by atoms with Crippen LogP contribution in [-0.4, -0.2) is 11.3 Å². The summed E-state index contributed by atoms with van der Waals surface area (Å²) in [7, 11) is 0. The fourth-order valence-corrected chi connectivity index (χ4v) is 14.1. The van der Waals surface area contributed by atoms with Crippen LogP contribution in [0.15, 0.2) is 273 Å². The Morgan fingerprint density at radius 2 is 0.965 bits per heavy atom. The second-order valence-electron chi connectivity index (χ2n) is 25.0. The van der Waals surface area contributed by atoms with Gasteiger partial charge in [0.1, 0.15) is 11.5 Å². The van der Waals surface area contributed by atoms with Crippen LogP contribution in [0.25, 0.3) is 72.0 Å². The Balaban J connectivity index is 1.04. The molecule has 0 fully saturated rings. The standard InChI is InChI=1S/C81H63BN2O/c1-79(2,3)57-47-65(52-26-11-7-12-27-52)78(66(48-57)53-28-13-8-14-29-53)84-72-51-59(83-70-40-23-20-35-62(70)63-36-21-24-41-71(63)83)43-44-68(72)82-69-46-54(42-45-74(69)85-75-50-58(80(4,5)6)49-73(84)77(75)82)60-37-25-38-64-61-34-19-22-39-67(61)81(76(60)64,55-30-15-9-16-31-55)56-32-17-10-18-33-56/h7-51H,1-6H3/i20D,21D,23D,24D,35D,36D,40D,41D. The van der Waals surface area contributed by atoms with E-state index >= 15 is 0 Å². The highest BCUT2D eigenvalue weighted by Crippen LogP contribution is 2.59. The van der Waals surface area contributed by atoms with Crippen molar-refractivity contribution in [1.29, 1.82) is 0 Å². The molecular formula is C81H63BN2O. The molecule has 1 aromatic heterocycles. The molecule has 13 aromatic rings. The van der Waals surface area contributed by atoms with E-state index < -0.39 is 36.3 Å². The summed E-state index contributed by atoms with van der Waals surface area (Å²) in [6.45, 7) is 12.9. The van der Waals surface area contributed by atoms with E-state index in [9.17, 15) is 5.48 Å². The van der Waals surface area contributed by atoms with Crippen molar-refractivity contribution < 1.29 is 15.7 Å². The molecule has 3 heterocycles. The van der Waals surface area contributed by atoms with Gasteiger partial charge in [0.25, 0.3) is 6.71 Å². The molecule has 1 aliphatic carbocycles. The Kier molecular flexibility index (Phi) is 9.61. The Morgan fingerprint density at radius 1 is 0.424 bits per heavy atom. The Labute approximate surface area is 510 Å². The lowest BCUT2D eigenvalue weighted by atomic mass is 9.34. The van der Waals surface area contributed by atoms with Crippen molar-refractivity contribution in [3.63, 3.8) is 0 Å². The van der Waals surface area contributed by atoms with Crippen molar-refractivity contribution in [2.24, 2.45) is 0 Å². The van der Waals surface area contributed by atoms with E-state index in [2.05, 4.69) is 253 Å². The molecule has 0 saturated carbocycles. The van der Waals surface area contributed by atoms with E-state index in [1.807, 2.05) is 18.2 Å². The van der Waals surface area contributed by atoms with E-state index in [0.29, 0.717) is 11.4 Å². The number of para-hydroxylation sites is 2. The Hall–Kier alpha value is -9.90. The van der Waals surface area contributed by atoms with Gasteiger partial charge < -0.3 is 14.2 Å². The first-order valence-electron chi connectivity index (χ1n) is 33.4. The lowest BCUT2D eigenvalue weighted by molar-refractivity contribution is 0.483. The summed E-state index contributed by atoms with van der Waals surface area (Å²) < 4.78 is 83.4. The maximum Gasteiger partial charge on any atom is 0.256 e. The molecule has 406 valence electrons. The van der Waals surface area contributed by atoms with Gasteiger partial charge in [-0.2, -0.15) is 0 Å². The molecule has 0 N–H and O–H groups in total. The van der Waals surface area contributed by atoms with Crippen molar-refractivity contribution in [1.82, 2.24) is 4.57 Å². The average Bonchev–Trinajstić information content (AvgIpc) is 1.66. The smallest absolute Gasteiger partial charge is 0.256 e. The second-order valence-corrected chi connectivity index (χ2v) is 25.0. The third-order valence-corrected chi connectivity index (χ3v) is 18.1. The lowest BCUT2D eigenvalue weighted by Crippen LogP contribution is -2.59. The molecule has 4 heteroatoms. The monoisotopic (exact) mass is 1100 g/mol. The molecule has 0 radical (unpaired) electrons. The first-order valence-corrected chi connectivity index (χ1v) is 29.4. The van der Waals surface area contributed by atoms with Gasteiger partial charge in [-0.3, -0.25) is 0 Å². The van der Waals surface area contributed by atoms with Crippen LogP contribution in [0.1, 0.15) is 85.9 Å². The van der Waals surface area contributed by atoms with Crippen LogP contribution in [0.4, 0.5) is 17.1 Å². The van der Waals surface area contributed by atoms with Gasteiger partial charge in [-0.15, -0.1) is 0 Å². The molecule has 0 spiro atoms. The van der Waals surface area contributed by atoms with Gasteiger partial charge in [0.15, 0.2) is 0 Å². The number of rotatable bonds is 7. The van der Waals surface area contributed by atoms with Crippen LogP contribution in [0.3, 0.4) is 0 Å². The molecule has 0 saturated heterocycles. The van der Waals surface area contributed by atoms with Crippen LogP contribution in [0, 0.1) is 0 Å². The van der Waals surface area contributed by atoms with Gasteiger partial charge in [-0.1, -0.05) is 260 Å². The van der Waals surface area contributed by atoms with Crippen molar-refractivity contribution in [3.05, 3.63) is 306 Å². The zero-order valence-corrected chi connectivity index (χ0v) is 48.2. The highest BCUT2D eigenvalue weighted by molar-refractivity contribution is 6.99. The molecule has 16 rings (SSSR count). The second kappa shape index (κ2) is 19.1. The largest absolute Gasteiger partial charge is 0.458 e. The Morgan fingerprint density at radius 3 is 1.58 bits per heavy atom. The number of anilines is 3. The van der Waals surface area contributed by atoms with Crippen molar-refractivity contribution in [2.75, 3.05) is 4.90 Å². The molecule has 3 aliphatic rings. The molecule has 0 unspecified atom stereocenters. The van der Waals surface area contributed by atoms with E-state index in [4.69, 9.17) is 10.2 Å². The molecule has 12 aromatic carbocycles. The predicted molar refractivity (Wildman–Crippen MR) is 358 cm³/mol. The average molecular weight is 1100 g/mol. The summed E-state index contributed by atoms with van der Waals surface area (Å²) in [4.78, 5) is 2.38. The zero-order valence-electron chi connectivity index (χ0n) is 56.2. The van der Waals surface area contributed by atoms with E-state index in [-0.39, 0.29) is 56.8 Å². The maximum absolute atomic E-state index is 9.67. The molecule has 0 bridgehead atoms. The summed E-state index contributed by atoms with van der Waals surface area (Å²) in [5.74, 6) is 1.44. The topological polar surface area (TPSA) is 17.4 Å². The van der Waals surface area contributed by atoms with Crippen LogP contribution < -0.4 is 26.0 Å². The normalized spacial score (nSPS) is 15.0. The zero-order chi connectivity index (χ0) is 64.3. The number of nitrogens with zero attached hydrogens (tertiary/aromatic N) is 2. The number of hydrogen-bond acceptors (Lipinski definition) is 2. The van der Waals surface area contributed by atoms with Crippen molar-refractivity contribution in [3.8, 4) is 61.7 Å². The summed E-state index contributed by atoms with van der Waals surface area (Å²) in [5, 5.41) is 0.0330. The van der Waals surface area contributed by atoms with Gasteiger partial charge in [0.05, 0.1) is 33.1 Å². The van der Waals surface area contributed by atoms with Gasteiger partial charge in [-0.05, 0) is 149 Å². The molecule has 0 atom stereocenters. The van der Waals surface area contributed by atoms with Crippen molar-refractivity contribution >= 4 is 62.0 Å². The highest BCUT2D eigenvalue weighted by Gasteiger charge is 2.49. The van der Waals surface area contributed by atoms with Gasteiger partial charge in [0.2, 0.25) is 0 Å². The van der Waals surface area contributed by atoms with Crippen LogP contribution in [0.2, 0.25) is 0 Å². The van der Waals surface area contributed by atoms with Crippen LogP contribution in [0.5, 0.6) is 11.5 Å². The van der Waals surface area contributed by atoms with Crippen LogP contribution >= 0.6 is 0 Å². The van der Waals surface area contributed by atoms with Crippen LogP contribution in [-0.2, 0) is 16.2 Å². The number of fused-ring (bicyclic) bond motifs is 10. The van der Waals surface area contributed by atoms with Gasteiger partial charge in [-0.25, -0.2) is 0 Å². The summed E-state index contributed by atoms with van der Waals surface area (Å²) >= 11 is 0.